The van der Waals surface area contributed by atoms with Gasteiger partial charge in [-0.25, -0.2) is 23.5 Å². The number of nitrogen functional groups attached to an aromatic ring is 2. The first kappa shape index (κ1) is 47.2. The molecule has 2 aromatic carbocycles. The molecule has 2 saturated heterocycles. The molecule has 338 valence electrons. The molecule has 2 amide bonds. The molecule has 0 bridgehead atoms. The third-order valence-electron chi connectivity index (χ3n) is 9.81. The minimum Gasteiger partial charge on any atom is -0.496 e. The van der Waals surface area contributed by atoms with Gasteiger partial charge in [-0.15, -0.1) is 0 Å². The fourth-order valence-corrected chi connectivity index (χ4v) is 6.64. The maximum absolute atomic E-state index is 14.2. The normalized spacial score (nSPS) is 14.8. The van der Waals surface area contributed by atoms with Gasteiger partial charge in [-0.3, -0.25) is 14.4 Å². The van der Waals surface area contributed by atoms with Gasteiger partial charge in [0, 0.05) is 50.7 Å². The van der Waals surface area contributed by atoms with Gasteiger partial charge < -0.3 is 46.1 Å². The van der Waals surface area contributed by atoms with Crippen LogP contribution in [0.2, 0.25) is 0 Å². The fraction of sp³-hybridized carbons (Fsp3) is 0.415. The number of piperidine rings is 2. The summed E-state index contributed by atoms with van der Waals surface area (Å²) in [5.74, 6) is -4.57. The zero-order chi connectivity index (χ0) is 46.2. The lowest BCUT2D eigenvalue weighted by atomic mass is 10.0. The molecule has 17 nitrogen and oxygen atoms in total. The molecule has 0 saturated carbocycles. The van der Waals surface area contributed by atoms with Crippen molar-refractivity contribution in [3.63, 3.8) is 0 Å². The second kappa shape index (κ2) is 19.9. The Kier molecular flexibility index (Phi) is 14.9. The van der Waals surface area contributed by atoms with Gasteiger partial charge in [0.25, 0.3) is 0 Å². The predicted molar refractivity (Wildman–Crippen MR) is 219 cm³/mol. The highest BCUT2D eigenvalue weighted by atomic mass is 19.4. The van der Waals surface area contributed by atoms with Crippen LogP contribution in [-0.2, 0) is 9.53 Å². The van der Waals surface area contributed by atoms with E-state index in [1.807, 2.05) is 20.8 Å². The summed E-state index contributed by atoms with van der Waals surface area (Å²) >= 11 is 0. The van der Waals surface area contributed by atoms with Crippen LogP contribution < -0.4 is 31.6 Å². The SMILES string of the molecule is COc1cccc(F)c1C(=O)c1cnc(NC2CCN(C(=O)C(F)(F)F)CC2)nc1N.COc1cccc(F)c1C(=O)c1cnc(NC2CCN(C(=O)OC(C)(C)C)CC2)nc1N. The highest BCUT2D eigenvalue weighted by molar-refractivity contribution is 6.14. The summed E-state index contributed by atoms with van der Waals surface area (Å²) in [6, 6.07) is 7.79. The molecular formula is C41H47F5N10O7. The van der Waals surface area contributed by atoms with Crippen molar-refractivity contribution in [2.75, 3.05) is 62.5 Å². The molecule has 0 radical (unpaired) electrons. The van der Waals surface area contributed by atoms with E-state index in [-0.39, 0.29) is 101 Å². The molecule has 0 atom stereocenters. The summed E-state index contributed by atoms with van der Waals surface area (Å²) < 4.78 is 81.5. The Morgan fingerprint density at radius 1 is 0.683 bits per heavy atom. The van der Waals surface area contributed by atoms with Crippen molar-refractivity contribution in [1.82, 2.24) is 29.7 Å². The fourth-order valence-electron chi connectivity index (χ4n) is 6.64. The number of anilines is 4. The lowest BCUT2D eigenvalue weighted by molar-refractivity contribution is -0.186. The molecule has 4 aromatic rings. The molecule has 2 fully saturated rings. The summed E-state index contributed by atoms with van der Waals surface area (Å²) in [7, 11) is 2.65. The number of carbonyl (C=O) groups excluding carboxylic acids is 4. The number of ketones is 2. The predicted octanol–water partition coefficient (Wildman–Crippen LogP) is 5.65. The monoisotopic (exact) mass is 886 g/mol. The van der Waals surface area contributed by atoms with E-state index in [4.69, 9.17) is 25.7 Å². The molecule has 0 aliphatic carbocycles. The van der Waals surface area contributed by atoms with Crippen LogP contribution in [0.25, 0.3) is 0 Å². The molecule has 6 N–H and O–H groups in total. The summed E-state index contributed by atoms with van der Waals surface area (Å²) in [4.78, 5) is 67.8. The molecule has 63 heavy (non-hydrogen) atoms. The number of rotatable bonds is 10. The van der Waals surface area contributed by atoms with Crippen LogP contribution in [0.3, 0.4) is 0 Å². The van der Waals surface area contributed by atoms with E-state index in [1.54, 1.807) is 4.90 Å². The molecule has 4 heterocycles. The van der Waals surface area contributed by atoms with Gasteiger partial charge in [0.2, 0.25) is 23.5 Å². The highest BCUT2D eigenvalue weighted by Crippen LogP contribution is 2.29. The highest BCUT2D eigenvalue weighted by Gasteiger charge is 2.43. The zero-order valence-corrected chi connectivity index (χ0v) is 35.0. The Balaban J connectivity index is 0.000000238. The van der Waals surface area contributed by atoms with E-state index in [9.17, 15) is 41.1 Å². The van der Waals surface area contributed by atoms with Crippen LogP contribution in [0.5, 0.6) is 11.5 Å². The number of nitrogens with two attached hydrogens (primary N) is 2. The average molecular weight is 887 g/mol. The Labute approximate surface area is 358 Å². The van der Waals surface area contributed by atoms with E-state index >= 15 is 0 Å². The number of ether oxygens (including phenoxy) is 3. The van der Waals surface area contributed by atoms with Crippen molar-refractivity contribution in [3.05, 3.63) is 82.7 Å². The largest absolute Gasteiger partial charge is 0.496 e. The van der Waals surface area contributed by atoms with Crippen LogP contribution in [0.4, 0.5) is 50.3 Å². The summed E-state index contributed by atoms with van der Waals surface area (Å²) in [6.45, 7) is 6.41. The summed E-state index contributed by atoms with van der Waals surface area (Å²) in [5.41, 5.74) is 10.6. The summed E-state index contributed by atoms with van der Waals surface area (Å²) in [6.07, 6.45) is -0.971. The minimum atomic E-state index is -4.90. The molecule has 22 heteroatoms. The lowest BCUT2D eigenvalue weighted by Gasteiger charge is -2.33. The van der Waals surface area contributed by atoms with Crippen LogP contribution in [-0.4, -0.2) is 118 Å². The number of nitrogens with zero attached hydrogens (tertiary/aromatic N) is 6. The molecular weight excluding hydrogens is 840 g/mol. The third-order valence-corrected chi connectivity index (χ3v) is 9.81. The number of likely N-dealkylation sites (tertiary alicyclic amines) is 2. The number of amides is 2. The number of hydrogen-bond acceptors (Lipinski definition) is 15. The second-order valence-corrected chi connectivity index (χ2v) is 15.4. The smallest absolute Gasteiger partial charge is 0.471 e. The first-order valence-corrected chi connectivity index (χ1v) is 19.6. The van der Waals surface area contributed by atoms with Crippen molar-refractivity contribution in [1.29, 1.82) is 0 Å². The second-order valence-electron chi connectivity index (χ2n) is 15.4. The van der Waals surface area contributed by atoms with Crippen LogP contribution in [0, 0.1) is 11.6 Å². The number of alkyl halides is 3. The van der Waals surface area contributed by atoms with Crippen molar-refractivity contribution in [3.8, 4) is 11.5 Å². The topological polar surface area (TPSA) is 230 Å². The first-order valence-electron chi connectivity index (χ1n) is 19.6. The van der Waals surface area contributed by atoms with Gasteiger partial charge in [0.15, 0.2) is 0 Å². The minimum absolute atomic E-state index is 0.0151. The third kappa shape index (κ3) is 11.9. The number of carbonyl (C=O) groups is 4. The number of aromatic nitrogens is 4. The van der Waals surface area contributed by atoms with E-state index in [0.717, 1.165) is 17.2 Å². The van der Waals surface area contributed by atoms with Crippen LogP contribution >= 0.6 is 0 Å². The van der Waals surface area contributed by atoms with Gasteiger partial charge in [0.05, 0.1) is 25.3 Å². The van der Waals surface area contributed by atoms with E-state index in [2.05, 4.69) is 30.6 Å². The molecule has 6 rings (SSSR count). The Bertz CT molecular complexity index is 2310. The summed E-state index contributed by atoms with van der Waals surface area (Å²) in [5, 5.41) is 6.11. The van der Waals surface area contributed by atoms with Crippen molar-refractivity contribution in [2.24, 2.45) is 0 Å². The van der Waals surface area contributed by atoms with Gasteiger partial charge in [-0.1, -0.05) is 12.1 Å². The van der Waals surface area contributed by atoms with Gasteiger partial charge >= 0.3 is 18.2 Å². The van der Waals surface area contributed by atoms with Crippen molar-refractivity contribution in [2.45, 2.75) is 70.3 Å². The van der Waals surface area contributed by atoms with Gasteiger partial charge in [-0.2, -0.15) is 23.1 Å². The molecule has 2 aliphatic heterocycles. The number of methoxy groups -OCH3 is 2. The number of hydrogen-bond donors (Lipinski definition) is 4. The zero-order valence-electron chi connectivity index (χ0n) is 35.0. The van der Waals surface area contributed by atoms with Crippen LogP contribution in [0.1, 0.15) is 78.3 Å². The van der Waals surface area contributed by atoms with E-state index in [0.29, 0.717) is 25.9 Å². The van der Waals surface area contributed by atoms with Gasteiger partial charge in [-0.05, 0) is 70.7 Å². The number of benzene rings is 2. The maximum Gasteiger partial charge on any atom is 0.471 e. The Hall–Kier alpha value is -6.87. The molecule has 0 spiro atoms. The van der Waals surface area contributed by atoms with Crippen molar-refractivity contribution < 1.29 is 55.3 Å². The number of nitrogens with one attached hydrogen (secondary N) is 2. The van der Waals surface area contributed by atoms with E-state index in [1.165, 1.54) is 50.7 Å². The maximum atomic E-state index is 14.2. The Morgan fingerprint density at radius 2 is 1.08 bits per heavy atom. The average Bonchev–Trinajstić information content (AvgIpc) is 3.22. The first-order chi connectivity index (χ1) is 29.7. The standard InChI is InChI=1S/C22H28FN5O4.C19H19F4N5O3/c1-22(2,3)32-21(30)28-10-8-13(9-11-28)26-20-25-12-14(19(24)27-20)18(29)17-15(23)6-5-7-16(17)31-4;1-31-13-4-2-3-12(20)14(13)15(29)11-9-25-18(27-16(11)24)26-10-5-7-28(8-6-10)17(30)19(21,22)23/h5-7,12-13H,8-11H2,1-4H3,(H3,24,25,26,27);2-4,9-10H,5-8H2,1H3,(H3,24,25,26,27). The van der Waals surface area contributed by atoms with Gasteiger partial charge in [0.1, 0.15) is 51.5 Å². The quantitative estimate of drug-likeness (QED) is 0.111. The van der Waals surface area contributed by atoms with Crippen molar-refractivity contribution >= 4 is 47.1 Å². The molecule has 0 unspecified atom stereocenters. The van der Waals surface area contributed by atoms with E-state index < -0.39 is 40.9 Å². The number of halogens is 5. The Morgan fingerprint density at radius 3 is 1.43 bits per heavy atom. The molecule has 2 aromatic heterocycles. The van der Waals surface area contributed by atoms with Crippen LogP contribution in [0.15, 0.2) is 48.8 Å². The lowest BCUT2D eigenvalue weighted by Crippen LogP contribution is -2.47. The molecule has 2 aliphatic rings.